The Kier molecular flexibility index (Phi) is 3.69. The zero-order valence-electron chi connectivity index (χ0n) is 7.21. The molecule has 1 aromatic rings. The van der Waals surface area contributed by atoms with Crippen molar-refractivity contribution < 1.29 is 9.90 Å². The number of rotatable bonds is 4. The highest BCUT2D eigenvalue weighted by molar-refractivity contribution is 7.17. The first-order valence-corrected chi connectivity index (χ1v) is 5.23. The van der Waals surface area contributed by atoms with Crippen molar-refractivity contribution in [1.82, 2.24) is 4.98 Å². The third-order valence-corrected chi connectivity index (χ3v) is 2.82. The highest BCUT2D eigenvalue weighted by Gasteiger charge is 2.15. The first kappa shape index (κ1) is 10.5. The zero-order valence-corrected chi connectivity index (χ0v) is 8.78. The van der Waals surface area contributed by atoms with Crippen LogP contribution in [0.2, 0.25) is 4.47 Å². The molecule has 13 heavy (non-hydrogen) atoms. The number of carboxylic acids is 1. The van der Waals surface area contributed by atoms with Crippen LogP contribution >= 0.6 is 22.9 Å². The monoisotopic (exact) mass is 219 g/mol. The number of carbonyl (C=O) groups is 1. The minimum absolute atomic E-state index is 0.276. The average Bonchev–Trinajstić information content (AvgIpc) is 2.43. The number of aromatic nitrogens is 1. The van der Waals surface area contributed by atoms with E-state index in [1.807, 2.05) is 0 Å². The van der Waals surface area contributed by atoms with Gasteiger partial charge < -0.3 is 5.11 Å². The van der Waals surface area contributed by atoms with Crippen LogP contribution in [0.25, 0.3) is 0 Å². The van der Waals surface area contributed by atoms with E-state index in [2.05, 4.69) is 11.9 Å². The van der Waals surface area contributed by atoms with Crippen molar-refractivity contribution in [3.8, 4) is 0 Å². The van der Waals surface area contributed by atoms with E-state index in [1.165, 1.54) is 0 Å². The second-order valence-electron chi connectivity index (χ2n) is 2.65. The van der Waals surface area contributed by atoms with E-state index in [-0.39, 0.29) is 4.88 Å². The lowest BCUT2D eigenvalue weighted by Crippen LogP contribution is -1.98. The predicted molar refractivity (Wildman–Crippen MR) is 52.7 cm³/mol. The van der Waals surface area contributed by atoms with Gasteiger partial charge in [0.2, 0.25) is 0 Å². The van der Waals surface area contributed by atoms with Gasteiger partial charge in [-0.05, 0) is 12.8 Å². The molecular formula is C8H10ClNO2S. The summed E-state index contributed by atoms with van der Waals surface area (Å²) in [5.74, 6) is -0.935. The maximum atomic E-state index is 10.7. The van der Waals surface area contributed by atoms with E-state index >= 15 is 0 Å². The maximum absolute atomic E-state index is 10.7. The van der Waals surface area contributed by atoms with Crippen LogP contribution in [-0.4, -0.2) is 16.1 Å². The van der Waals surface area contributed by atoms with Crippen molar-refractivity contribution >= 4 is 28.9 Å². The summed E-state index contributed by atoms with van der Waals surface area (Å²) in [6.07, 6.45) is 2.66. The predicted octanol–water partition coefficient (Wildman–Crippen LogP) is 2.84. The second kappa shape index (κ2) is 4.58. The number of aryl methyl sites for hydroxylation is 1. The summed E-state index contributed by atoms with van der Waals surface area (Å²) in [5, 5.41) is 8.79. The fraction of sp³-hybridized carbons (Fsp3) is 0.500. The summed E-state index contributed by atoms with van der Waals surface area (Å²) >= 11 is 6.66. The molecule has 1 aromatic heterocycles. The number of unbranched alkanes of at least 4 members (excludes halogenated alkanes) is 1. The lowest BCUT2D eigenvalue weighted by Gasteiger charge is -1.95. The minimum Gasteiger partial charge on any atom is -0.477 e. The molecule has 0 atom stereocenters. The van der Waals surface area contributed by atoms with Crippen molar-refractivity contribution in [3.05, 3.63) is 15.0 Å². The number of nitrogens with zero attached hydrogens (tertiary/aromatic N) is 1. The molecule has 0 aliphatic carbocycles. The van der Waals surface area contributed by atoms with Crippen LogP contribution in [0.15, 0.2) is 0 Å². The summed E-state index contributed by atoms with van der Waals surface area (Å²) < 4.78 is 0.309. The molecule has 1 N–H and O–H groups in total. The minimum atomic E-state index is -0.935. The maximum Gasteiger partial charge on any atom is 0.347 e. The van der Waals surface area contributed by atoms with E-state index in [1.54, 1.807) is 0 Å². The van der Waals surface area contributed by atoms with Gasteiger partial charge in [0.1, 0.15) is 4.88 Å². The molecule has 0 bridgehead atoms. The van der Waals surface area contributed by atoms with Crippen molar-refractivity contribution in [3.63, 3.8) is 0 Å². The molecular weight excluding hydrogens is 210 g/mol. The first-order valence-electron chi connectivity index (χ1n) is 4.03. The Balaban J connectivity index is 2.84. The summed E-state index contributed by atoms with van der Waals surface area (Å²) in [4.78, 5) is 15.0. The number of thiazole rings is 1. The van der Waals surface area contributed by atoms with Crippen LogP contribution in [0.3, 0.4) is 0 Å². The Morgan fingerprint density at radius 2 is 2.38 bits per heavy atom. The molecule has 0 aliphatic heterocycles. The molecule has 0 unspecified atom stereocenters. The number of aromatic carboxylic acids is 1. The van der Waals surface area contributed by atoms with Crippen LogP contribution in [0.5, 0.6) is 0 Å². The normalized spacial score (nSPS) is 10.3. The summed E-state index contributed by atoms with van der Waals surface area (Å²) in [6.45, 7) is 2.05. The van der Waals surface area contributed by atoms with Gasteiger partial charge >= 0.3 is 5.97 Å². The van der Waals surface area contributed by atoms with Gasteiger partial charge in [0.25, 0.3) is 0 Å². The van der Waals surface area contributed by atoms with Gasteiger partial charge in [-0.1, -0.05) is 36.3 Å². The van der Waals surface area contributed by atoms with Crippen molar-refractivity contribution in [2.75, 3.05) is 0 Å². The number of carboxylic acid groups (broad SMARTS) is 1. The summed E-state index contributed by atoms with van der Waals surface area (Å²) in [6, 6.07) is 0. The quantitative estimate of drug-likeness (QED) is 0.847. The van der Waals surface area contributed by atoms with Gasteiger partial charge in [0, 0.05) is 0 Å². The van der Waals surface area contributed by atoms with Crippen molar-refractivity contribution in [1.29, 1.82) is 0 Å². The molecule has 0 aromatic carbocycles. The second-order valence-corrected chi connectivity index (χ2v) is 4.23. The third kappa shape index (κ3) is 2.67. The Bertz CT molecular complexity index is 311. The van der Waals surface area contributed by atoms with Crippen LogP contribution in [0.4, 0.5) is 0 Å². The van der Waals surface area contributed by atoms with E-state index in [4.69, 9.17) is 16.7 Å². The van der Waals surface area contributed by atoms with E-state index in [0.717, 1.165) is 24.2 Å². The van der Waals surface area contributed by atoms with E-state index in [0.29, 0.717) is 16.6 Å². The van der Waals surface area contributed by atoms with Crippen molar-refractivity contribution in [2.45, 2.75) is 26.2 Å². The van der Waals surface area contributed by atoms with Crippen LogP contribution in [0, 0.1) is 0 Å². The molecule has 0 fully saturated rings. The number of hydrogen-bond acceptors (Lipinski definition) is 3. The summed E-state index contributed by atoms with van der Waals surface area (Å²) in [5.41, 5.74) is 0.615. The number of halogens is 1. The highest BCUT2D eigenvalue weighted by atomic mass is 35.5. The molecule has 0 radical (unpaired) electrons. The fourth-order valence-electron chi connectivity index (χ4n) is 1.00. The summed E-state index contributed by atoms with van der Waals surface area (Å²) in [7, 11) is 0. The van der Waals surface area contributed by atoms with Crippen LogP contribution < -0.4 is 0 Å². The van der Waals surface area contributed by atoms with Gasteiger partial charge in [-0.25, -0.2) is 9.78 Å². The van der Waals surface area contributed by atoms with Crippen LogP contribution in [-0.2, 0) is 6.42 Å². The largest absolute Gasteiger partial charge is 0.477 e. The van der Waals surface area contributed by atoms with Crippen molar-refractivity contribution in [2.24, 2.45) is 0 Å². The molecule has 0 saturated carbocycles. The third-order valence-electron chi connectivity index (χ3n) is 1.63. The van der Waals surface area contributed by atoms with Gasteiger partial charge in [0.05, 0.1) is 5.69 Å². The Labute approximate surface area is 85.4 Å². The number of hydrogen-bond donors (Lipinski definition) is 1. The van der Waals surface area contributed by atoms with Crippen LogP contribution in [0.1, 0.15) is 35.1 Å². The highest BCUT2D eigenvalue weighted by Crippen LogP contribution is 2.23. The Hall–Kier alpha value is -0.610. The Morgan fingerprint density at radius 3 is 2.92 bits per heavy atom. The fourth-order valence-corrected chi connectivity index (χ4v) is 2.01. The molecule has 0 amide bonds. The molecule has 0 aliphatic rings. The molecule has 0 saturated heterocycles. The van der Waals surface area contributed by atoms with E-state index < -0.39 is 5.97 Å². The van der Waals surface area contributed by atoms with Gasteiger partial charge in [-0.15, -0.1) is 0 Å². The molecule has 1 rings (SSSR count). The Morgan fingerprint density at radius 1 is 1.69 bits per heavy atom. The lowest BCUT2D eigenvalue weighted by molar-refractivity contribution is 0.0700. The van der Waals surface area contributed by atoms with E-state index in [9.17, 15) is 4.79 Å². The first-order chi connectivity index (χ1) is 6.15. The smallest absolute Gasteiger partial charge is 0.347 e. The zero-order chi connectivity index (χ0) is 9.84. The van der Waals surface area contributed by atoms with Gasteiger partial charge in [0.15, 0.2) is 4.47 Å². The average molecular weight is 220 g/mol. The molecule has 0 spiro atoms. The topological polar surface area (TPSA) is 50.2 Å². The SMILES string of the molecule is CCCCc1nc(Cl)sc1C(=O)O. The van der Waals surface area contributed by atoms with Gasteiger partial charge in [-0.3, -0.25) is 0 Å². The molecule has 5 heteroatoms. The molecule has 72 valence electrons. The van der Waals surface area contributed by atoms with Gasteiger partial charge in [-0.2, -0.15) is 0 Å². The standard InChI is InChI=1S/C8H10ClNO2S/c1-2-3-4-5-6(7(11)12)13-8(9)10-5/h2-4H2,1H3,(H,11,12). The molecule has 1 heterocycles. The lowest BCUT2D eigenvalue weighted by atomic mass is 10.2. The molecule has 3 nitrogen and oxygen atoms in total.